The maximum absolute atomic E-state index is 3.97. The Balaban J connectivity index is 2.64. The standard InChI is InChI=1S/C11H16N2/c1-10(2)7-11(3,4)9-6-13-12-5-8(9)10/h5-6H,7H2,1-4H3. The molecule has 0 atom stereocenters. The maximum Gasteiger partial charge on any atom is 0.0536 e. The van der Waals surface area contributed by atoms with Crippen LogP contribution < -0.4 is 0 Å². The molecule has 70 valence electrons. The summed E-state index contributed by atoms with van der Waals surface area (Å²) in [6, 6.07) is 0. The highest BCUT2D eigenvalue weighted by Crippen LogP contribution is 2.48. The summed E-state index contributed by atoms with van der Waals surface area (Å²) in [6.45, 7) is 9.12. The van der Waals surface area contributed by atoms with Crippen LogP contribution in [-0.4, -0.2) is 10.2 Å². The van der Waals surface area contributed by atoms with E-state index in [0.29, 0.717) is 0 Å². The molecule has 2 heteroatoms. The van der Waals surface area contributed by atoms with E-state index in [2.05, 4.69) is 37.9 Å². The number of aromatic nitrogens is 2. The molecule has 1 aliphatic carbocycles. The average molecular weight is 176 g/mol. The number of nitrogens with zero attached hydrogens (tertiary/aromatic N) is 2. The second kappa shape index (κ2) is 2.31. The van der Waals surface area contributed by atoms with Crippen molar-refractivity contribution in [2.24, 2.45) is 0 Å². The summed E-state index contributed by atoms with van der Waals surface area (Å²) in [5, 5.41) is 7.94. The molecule has 13 heavy (non-hydrogen) atoms. The Hall–Kier alpha value is -0.920. The van der Waals surface area contributed by atoms with E-state index >= 15 is 0 Å². The molecule has 0 fully saturated rings. The van der Waals surface area contributed by atoms with Crippen molar-refractivity contribution >= 4 is 0 Å². The van der Waals surface area contributed by atoms with E-state index in [1.807, 2.05) is 12.4 Å². The minimum Gasteiger partial charge on any atom is -0.159 e. The number of fused-ring (bicyclic) bond motifs is 1. The highest BCUT2D eigenvalue weighted by atomic mass is 15.1. The lowest BCUT2D eigenvalue weighted by Gasteiger charge is -2.22. The van der Waals surface area contributed by atoms with Crippen molar-refractivity contribution in [2.75, 3.05) is 0 Å². The number of hydrogen-bond donors (Lipinski definition) is 0. The molecule has 1 heterocycles. The van der Waals surface area contributed by atoms with Gasteiger partial charge in [-0.1, -0.05) is 27.7 Å². The second-order valence-corrected chi connectivity index (χ2v) is 5.26. The van der Waals surface area contributed by atoms with Crippen LogP contribution in [0.1, 0.15) is 45.2 Å². The summed E-state index contributed by atoms with van der Waals surface area (Å²) in [5.41, 5.74) is 3.25. The molecule has 0 amide bonds. The first-order chi connectivity index (χ1) is 5.93. The molecule has 0 aromatic carbocycles. The van der Waals surface area contributed by atoms with Crippen LogP contribution in [0.2, 0.25) is 0 Å². The second-order valence-electron chi connectivity index (χ2n) is 5.26. The molecule has 1 aromatic heterocycles. The molecule has 1 aliphatic rings. The molecule has 0 unspecified atom stereocenters. The first kappa shape index (κ1) is 8.67. The molecule has 0 N–H and O–H groups in total. The first-order valence-electron chi connectivity index (χ1n) is 4.75. The minimum atomic E-state index is 0.259. The van der Waals surface area contributed by atoms with Gasteiger partial charge in [0.25, 0.3) is 0 Å². The highest BCUT2D eigenvalue weighted by molar-refractivity contribution is 5.40. The minimum absolute atomic E-state index is 0.259. The molecule has 0 saturated carbocycles. The normalized spacial score (nSPS) is 22.8. The van der Waals surface area contributed by atoms with Gasteiger partial charge in [-0.15, -0.1) is 0 Å². The zero-order valence-corrected chi connectivity index (χ0v) is 8.76. The average Bonchev–Trinajstić information content (AvgIpc) is 2.20. The summed E-state index contributed by atoms with van der Waals surface area (Å²) < 4.78 is 0. The number of rotatable bonds is 0. The van der Waals surface area contributed by atoms with Gasteiger partial charge in [0.15, 0.2) is 0 Å². The van der Waals surface area contributed by atoms with Crippen molar-refractivity contribution in [1.29, 1.82) is 0 Å². The maximum atomic E-state index is 3.97. The third-order valence-electron chi connectivity index (χ3n) is 3.07. The third kappa shape index (κ3) is 1.16. The van der Waals surface area contributed by atoms with Crippen molar-refractivity contribution in [3.63, 3.8) is 0 Å². The Morgan fingerprint density at radius 3 is 1.69 bits per heavy atom. The van der Waals surface area contributed by atoms with Crippen molar-refractivity contribution in [3.8, 4) is 0 Å². The molecular formula is C11H16N2. The van der Waals surface area contributed by atoms with Gasteiger partial charge in [0, 0.05) is 0 Å². The van der Waals surface area contributed by atoms with E-state index in [9.17, 15) is 0 Å². The fourth-order valence-corrected chi connectivity index (χ4v) is 2.70. The van der Waals surface area contributed by atoms with Crippen LogP contribution in [0.3, 0.4) is 0 Å². The van der Waals surface area contributed by atoms with Gasteiger partial charge in [-0.05, 0) is 28.4 Å². The van der Waals surface area contributed by atoms with Gasteiger partial charge in [-0.3, -0.25) is 0 Å². The summed E-state index contributed by atoms with van der Waals surface area (Å²) in [4.78, 5) is 0. The zero-order chi connectivity index (χ0) is 9.69. The Kier molecular flexibility index (Phi) is 1.54. The van der Waals surface area contributed by atoms with E-state index in [0.717, 1.165) is 0 Å². The van der Waals surface area contributed by atoms with Crippen LogP contribution >= 0.6 is 0 Å². The first-order valence-corrected chi connectivity index (χ1v) is 4.75. The monoisotopic (exact) mass is 176 g/mol. The van der Waals surface area contributed by atoms with Crippen LogP contribution in [-0.2, 0) is 10.8 Å². The molecule has 1 aromatic rings. The lowest BCUT2D eigenvalue weighted by Crippen LogP contribution is -2.17. The van der Waals surface area contributed by atoms with Gasteiger partial charge in [0.1, 0.15) is 0 Å². The molecule has 0 saturated heterocycles. The van der Waals surface area contributed by atoms with Crippen LogP contribution in [0.4, 0.5) is 0 Å². The van der Waals surface area contributed by atoms with E-state index in [-0.39, 0.29) is 10.8 Å². The molecule has 0 radical (unpaired) electrons. The van der Waals surface area contributed by atoms with Crippen LogP contribution in [0.25, 0.3) is 0 Å². The summed E-state index contributed by atoms with van der Waals surface area (Å²) in [5.74, 6) is 0. The summed E-state index contributed by atoms with van der Waals surface area (Å²) >= 11 is 0. The Morgan fingerprint density at radius 1 is 0.923 bits per heavy atom. The van der Waals surface area contributed by atoms with Crippen molar-refractivity contribution in [3.05, 3.63) is 23.5 Å². The van der Waals surface area contributed by atoms with E-state index < -0.39 is 0 Å². The Bertz CT molecular complexity index is 307. The summed E-state index contributed by atoms with van der Waals surface area (Å²) in [7, 11) is 0. The number of hydrogen-bond acceptors (Lipinski definition) is 2. The predicted octanol–water partition coefficient (Wildman–Crippen LogP) is 2.44. The molecule has 0 bridgehead atoms. The molecule has 0 spiro atoms. The van der Waals surface area contributed by atoms with Gasteiger partial charge in [-0.2, -0.15) is 10.2 Å². The van der Waals surface area contributed by atoms with E-state index in [1.165, 1.54) is 17.5 Å². The van der Waals surface area contributed by atoms with E-state index in [1.54, 1.807) is 0 Å². The van der Waals surface area contributed by atoms with Crippen molar-refractivity contribution < 1.29 is 0 Å². The topological polar surface area (TPSA) is 25.8 Å². The largest absolute Gasteiger partial charge is 0.159 e. The fourth-order valence-electron chi connectivity index (χ4n) is 2.70. The van der Waals surface area contributed by atoms with E-state index in [4.69, 9.17) is 0 Å². The van der Waals surface area contributed by atoms with Gasteiger partial charge in [0.05, 0.1) is 12.4 Å². The van der Waals surface area contributed by atoms with Crippen LogP contribution in [0, 0.1) is 0 Å². The van der Waals surface area contributed by atoms with Gasteiger partial charge in [0.2, 0.25) is 0 Å². The van der Waals surface area contributed by atoms with Gasteiger partial charge >= 0.3 is 0 Å². The van der Waals surface area contributed by atoms with Crippen molar-refractivity contribution in [1.82, 2.24) is 10.2 Å². The molecular weight excluding hydrogens is 160 g/mol. The third-order valence-corrected chi connectivity index (χ3v) is 3.07. The lowest BCUT2D eigenvalue weighted by atomic mass is 9.82. The molecule has 0 aliphatic heterocycles. The SMILES string of the molecule is CC1(C)CC(C)(C)c2cnncc21. The van der Waals surface area contributed by atoms with Gasteiger partial charge in [-0.25, -0.2) is 0 Å². The lowest BCUT2D eigenvalue weighted by molar-refractivity contribution is 0.403. The molecule has 2 nitrogen and oxygen atoms in total. The van der Waals surface area contributed by atoms with Crippen molar-refractivity contribution in [2.45, 2.75) is 44.9 Å². The summed E-state index contributed by atoms with van der Waals surface area (Å²) in [6.07, 6.45) is 5.02. The van der Waals surface area contributed by atoms with Crippen LogP contribution in [0.5, 0.6) is 0 Å². The zero-order valence-electron chi connectivity index (χ0n) is 8.76. The fraction of sp³-hybridized carbons (Fsp3) is 0.636. The molecule has 2 rings (SSSR count). The predicted molar refractivity (Wildman–Crippen MR) is 52.7 cm³/mol. The Morgan fingerprint density at radius 2 is 1.31 bits per heavy atom. The Labute approximate surface area is 79.4 Å². The van der Waals surface area contributed by atoms with Crippen LogP contribution in [0.15, 0.2) is 12.4 Å². The highest BCUT2D eigenvalue weighted by Gasteiger charge is 2.42. The smallest absolute Gasteiger partial charge is 0.0536 e. The van der Waals surface area contributed by atoms with Gasteiger partial charge < -0.3 is 0 Å². The quantitative estimate of drug-likeness (QED) is 0.606.